The fraction of sp³-hybridized carbons (Fsp3) is 0.400. The summed E-state index contributed by atoms with van der Waals surface area (Å²) in [7, 11) is 0. The Hall–Kier alpha value is -1.61. The fourth-order valence-corrected chi connectivity index (χ4v) is 2.22. The highest BCUT2D eigenvalue weighted by Crippen LogP contribution is 2.16. The summed E-state index contributed by atoms with van der Waals surface area (Å²) < 4.78 is 1.97. The third-order valence-corrected chi connectivity index (χ3v) is 3.12. The van der Waals surface area contributed by atoms with Crippen LogP contribution in [0.3, 0.4) is 0 Å². The zero-order valence-corrected chi connectivity index (χ0v) is 11.1. The number of nitrogens with one attached hydrogen (secondary N) is 1. The van der Waals surface area contributed by atoms with Crippen LogP contribution in [0.15, 0.2) is 48.8 Å². The third-order valence-electron chi connectivity index (χ3n) is 3.12. The average Bonchev–Trinajstić information content (AvgIpc) is 2.90. The van der Waals surface area contributed by atoms with Crippen molar-refractivity contribution in [3.63, 3.8) is 0 Å². The first-order chi connectivity index (χ1) is 8.79. The Labute approximate surface area is 109 Å². The van der Waals surface area contributed by atoms with Crippen molar-refractivity contribution in [3.8, 4) is 0 Å². The molecule has 0 aliphatic heterocycles. The van der Waals surface area contributed by atoms with Gasteiger partial charge in [-0.1, -0.05) is 37.3 Å². The molecule has 1 N–H and O–H groups in total. The Morgan fingerprint density at radius 1 is 1.22 bits per heavy atom. The minimum atomic E-state index is 0.398. The van der Waals surface area contributed by atoms with Gasteiger partial charge in [-0.25, -0.2) is 0 Å². The largest absolute Gasteiger partial charge is 0.306 e. The summed E-state index contributed by atoms with van der Waals surface area (Å²) in [6.07, 6.45) is 4.91. The molecule has 0 spiro atoms. The van der Waals surface area contributed by atoms with Crippen LogP contribution in [0.2, 0.25) is 0 Å². The van der Waals surface area contributed by atoms with Gasteiger partial charge in [0.05, 0.1) is 6.54 Å². The number of aromatic nitrogens is 2. The van der Waals surface area contributed by atoms with Gasteiger partial charge in [-0.2, -0.15) is 5.10 Å². The average molecular weight is 243 g/mol. The third kappa shape index (κ3) is 3.44. The van der Waals surface area contributed by atoms with Gasteiger partial charge >= 0.3 is 0 Å². The fourth-order valence-electron chi connectivity index (χ4n) is 2.22. The molecule has 3 nitrogen and oxygen atoms in total. The molecule has 0 saturated heterocycles. The van der Waals surface area contributed by atoms with Crippen molar-refractivity contribution in [2.24, 2.45) is 0 Å². The normalized spacial score (nSPS) is 14.3. The monoisotopic (exact) mass is 243 g/mol. The molecule has 1 aromatic heterocycles. The standard InChI is InChI=1S/C15H21N3/c1-3-15(14-8-5-4-6-9-14)17-13(2)12-18-11-7-10-16-18/h4-11,13,15,17H,3,12H2,1-2H3/t13-,15-/m0/s1. The molecule has 0 saturated carbocycles. The summed E-state index contributed by atoms with van der Waals surface area (Å²) in [4.78, 5) is 0. The van der Waals surface area contributed by atoms with Crippen molar-refractivity contribution in [1.82, 2.24) is 15.1 Å². The molecule has 18 heavy (non-hydrogen) atoms. The first-order valence-electron chi connectivity index (χ1n) is 6.58. The second-order valence-corrected chi connectivity index (χ2v) is 4.67. The topological polar surface area (TPSA) is 29.9 Å². The second kappa shape index (κ2) is 6.36. The van der Waals surface area contributed by atoms with Crippen LogP contribution in [-0.2, 0) is 6.54 Å². The van der Waals surface area contributed by atoms with Gasteiger partial charge in [0.1, 0.15) is 0 Å². The number of rotatable bonds is 6. The predicted molar refractivity (Wildman–Crippen MR) is 74.3 cm³/mol. The van der Waals surface area contributed by atoms with E-state index in [1.165, 1.54) is 5.56 Å². The van der Waals surface area contributed by atoms with Crippen molar-refractivity contribution in [3.05, 3.63) is 54.4 Å². The van der Waals surface area contributed by atoms with E-state index in [-0.39, 0.29) is 0 Å². The first-order valence-corrected chi connectivity index (χ1v) is 6.58. The Balaban J connectivity index is 1.94. The van der Waals surface area contributed by atoms with Gasteiger partial charge in [0, 0.05) is 24.5 Å². The SMILES string of the molecule is CC[C@H](N[C@@H](C)Cn1cccn1)c1ccccc1. The van der Waals surface area contributed by atoms with Crippen molar-refractivity contribution >= 4 is 0 Å². The van der Waals surface area contributed by atoms with Crippen LogP contribution in [-0.4, -0.2) is 15.8 Å². The van der Waals surface area contributed by atoms with Crippen LogP contribution in [0.1, 0.15) is 31.9 Å². The summed E-state index contributed by atoms with van der Waals surface area (Å²) in [5.41, 5.74) is 1.35. The highest BCUT2D eigenvalue weighted by molar-refractivity contribution is 5.18. The molecule has 0 amide bonds. The molecule has 1 aromatic carbocycles. The Morgan fingerprint density at radius 2 is 2.00 bits per heavy atom. The molecule has 0 unspecified atom stereocenters. The minimum absolute atomic E-state index is 0.398. The molecule has 96 valence electrons. The van der Waals surface area contributed by atoms with E-state index < -0.39 is 0 Å². The van der Waals surface area contributed by atoms with Crippen LogP contribution in [0.5, 0.6) is 0 Å². The van der Waals surface area contributed by atoms with Gasteiger partial charge in [0.25, 0.3) is 0 Å². The molecular formula is C15H21N3. The number of nitrogens with zero attached hydrogens (tertiary/aromatic N) is 2. The maximum Gasteiger partial charge on any atom is 0.0560 e. The lowest BCUT2D eigenvalue weighted by Crippen LogP contribution is -2.33. The summed E-state index contributed by atoms with van der Waals surface area (Å²) in [6.45, 7) is 5.31. The quantitative estimate of drug-likeness (QED) is 0.845. The number of benzene rings is 1. The van der Waals surface area contributed by atoms with E-state index in [9.17, 15) is 0 Å². The zero-order chi connectivity index (χ0) is 12.8. The molecule has 0 fully saturated rings. The highest BCUT2D eigenvalue weighted by Gasteiger charge is 2.12. The molecule has 2 atom stereocenters. The van der Waals surface area contributed by atoms with Gasteiger partial charge in [-0.05, 0) is 25.0 Å². The smallest absolute Gasteiger partial charge is 0.0560 e. The van der Waals surface area contributed by atoms with Gasteiger partial charge < -0.3 is 5.32 Å². The van der Waals surface area contributed by atoms with E-state index in [0.717, 1.165) is 13.0 Å². The van der Waals surface area contributed by atoms with E-state index in [1.807, 2.05) is 23.1 Å². The summed E-state index contributed by atoms with van der Waals surface area (Å²) in [6, 6.07) is 13.4. The molecule has 2 rings (SSSR count). The van der Waals surface area contributed by atoms with Crippen molar-refractivity contribution in [2.75, 3.05) is 0 Å². The van der Waals surface area contributed by atoms with Crippen molar-refractivity contribution in [1.29, 1.82) is 0 Å². The van der Waals surface area contributed by atoms with Gasteiger partial charge in [0.2, 0.25) is 0 Å². The predicted octanol–water partition coefficient (Wildman–Crippen LogP) is 3.01. The lowest BCUT2D eigenvalue weighted by Gasteiger charge is -2.22. The van der Waals surface area contributed by atoms with E-state index >= 15 is 0 Å². The van der Waals surface area contributed by atoms with E-state index in [4.69, 9.17) is 0 Å². The number of hydrogen-bond donors (Lipinski definition) is 1. The summed E-state index contributed by atoms with van der Waals surface area (Å²) in [5.74, 6) is 0. The van der Waals surface area contributed by atoms with Gasteiger partial charge in [-0.15, -0.1) is 0 Å². The van der Waals surface area contributed by atoms with E-state index in [2.05, 4.69) is 54.6 Å². The van der Waals surface area contributed by atoms with Crippen LogP contribution in [0, 0.1) is 0 Å². The van der Waals surface area contributed by atoms with Crippen LogP contribution >= 0.6 is 0 Å². The van der Waals surface area contributed by atoms with E-state index in [1.54, 1.807) is 0 Å². The second-order valence-electron chi connectivity index (χ2n) is 4.67. The molecule has 1 heterocycles. The summed E-state index contributed by atoms with van der Waals surface area (Å²) in [5, 5.41) is 7.90. The molecule has 0 radical (unpaired) electrons. The minimum Gasteiger partial charge on any atom is -0.306 e. The lowest BCUT2D eigenvalue weighted by atomic mass is 10.0. The highest BCUT2D eigenvalue weighted by atomic mass is 15.3. The Morgan fingerprint density at radius 3 is 2.61 bits per heavy atom. The molecule has 2 aromatic rings. The molecule has 3 heteroatoms. The first kappa shape index (κ1) is 12.8. The van der Waals surface area contributed by atoms with Crippen molar-refractivity contribution < 1.29 is 0 Å². The van der Waals surface area contributed by atoms with Crippen molar-refractivity contribution in [2.45, 2.75) is 38.9 Å². The molecular weight excluding hydrogens is 222 g/mol. The maximum atomic E-state index is 4.24. The van der Waals surface area contributed by atoms with Gasteiger partial charge in [-0.3, -0.25) is 4.68 Å². The Bertz CT molecular complexity index is 436. The Kier molecular flexibility index (Phi) is 4.53. The van der Waals surface area contributed by atoms with E-state index in [0.29, 0.717) is 12.1 Å². The maximum absolute atomic E-state index is 4.24. The molecule has 0 bridgehead atoms. The summed E-state index contributed by atoms with van der Waals surface area (Å²) >= 11 is 0. The van der Waals surface area contributed by atoms with Crippen LogP contribution in [0.25, 0.3) is 0 Å². The lowest BCUT2D eigenvalue weighted by molar-refractivity contribution is 0.393. The van der Waals surface area contributed by atoms with Crippen LogP contribution in [0.4, 0.5) is 0 Å². The number of hydrogen-bond acceptors (Lipinski definition) is 2. The van der Waals surface area contributed by atoms with Gasteiger partial charge in [0.15, 0.2) is 0 Å². The van der Waals surface area contributed by atoms with Crippen LogP contribution < -0.4 is 5.32 Å². The molecule has 0 aliphatic carbocycles. The molecule has 0 aliphatic rings. The zero-order valence-electron chi connectivity index (χ0n) is 11.1.